The minimum Gasteiger partial charge on any atom is -0.327 e. The van der Waals surface area contributed by atoms with E-state index in [0.29, 0.717) is 0 Å². The number of rotatable bonds is 6. The molecule has 0 bridgehead atoms. The van der Waals surface area contributed by atoms with Gasteiger partial charge in [-0.25, -0.2) is 4.98 Å². The Morgan fingerprint density at radius 3 is 2.93 bits per heavy atom. The molecule has 2 N–H and O–H groups in total. The lowest BCUT2D eigenvalue weighted by molar-refractivity contribution is 0.637. The zero-order chi connectivity index (χ0) is 10.4. The molecule has 0 saturated carbocycles. The maximum atomic E-state index is 5.88. The van der Waals surface area contributed by atoms with Crippen molar-refractivity contribution in [3.63, 3.8) is 0 Å². The molecule has 0 amide bonds. The fourth-order valence-corrected chi connectivity index (χ4v) is 2.15. The molecule has 0 spiro atoms. The molecule has 0 aliphatic rings. The molecule has 80 valence electrons. The lowest BCUT2D eigenvalue weighted by Gasteiger charge is -2.04. The molecule has 0 saturated heterocycles. The molecular weight excluding hydrogens is 192 g/mol. The molecule has 0 aromatic carbocycles. The molecule has 1 aromatic heterocycles. The normalized spacial score (nSPS) is 13.1. The average molecular weight is 212 g/mol. The Hall–Kier alpha value is -0.410. The minimum absolute atomic E-state index is 0.274. The minimum atomic E-state index is 0.274. The zero-order valence-corrected chi connectivity index (χ0v) is 9.94. The van der Waals surface area contributed by atoms with Crippen LogP contribution in [0.15, 0.2) is 5.38 Å². The van der Waals surface area contributed by atoms with Crippen molar-refractivity contribution in [2.45, 2.75) is 52.0 Å². The van der Waals surface area contributed by atoms with Crippen LogP contribution in [0.25, 0.3) is 0 Å². The third kappa shape index (κ3) is 3.76. The summed E-state index contributed by atoms with van der Waals surface area (Å²) >= 11 is 1.78. The van der Waals surface area contributed by atoms with Crippen LogP contribution in [0.2, 0.25) is 0 Å². The average Bonchev–Trinajstić information content (AvgIpc) is 2.62. The molecule has 2 nitrogen and oxygen atoms in total. The number of nitrogens with two attached hydrogens (primary N) is 1. The smallest absolute Gasteiger partial charge is 0.0928 e. The van der Waals surface area contributed by atoms with E-state index in [0.717, 1.165) is 19.3 Å². The van der Waals surface area contributed by atoms with E-state index >= 15 is 0 Å². The van der Waals surface area contributed by atoms with E-state index in [-0.39, 0.29) is 6.04 Å². The summed E-state index contributed by atoms with van der Waals surface area (Å²) < 4.78 is 0. The largest absolute Gasteiger partial charge is 0.327 e. The van der Waals surface area contributed by atoms with Crippen LogP contribution in [0.1, 0.15) is 43.8 Å². The maximum Gasteiger partial charge on any atom is 0.0928 e. The topological polar surface area (TPSA) is 38.9 Å². The Kier molecular flexibility index (Phi) is 5.12. The van der Waals surface area contributed by atoms with Crippen LogP contribution in [-0.2, 0) is 12.8 Å². The molecule has 0 aliphatic heterocycles. The fraction of sp³-hybridized carbons (Fsp3) is 0.727. The SMILES string of the molecule is CCCCc1nc(CC(N)CC)cs1. The van der Waals surface area contributed by atoms with E-state index in [9.17, 15) is 0 Å². The van der Waals surface area contributed by atoms with Crippen molar-refractivity contribution in [3.8, 4) is 0 Å². The van der Waals surface area contributed by atoms with E-state index in [4.69, 9.17) is 5.73 Å². The van der Waals surface area contributed by atoms with Crippen molar-refractivity contribution in [1.29, 1.82) is 0 Å². The van der Waals surface area contributed by atoms with Gasteiger partial charge in [-0.3, -0.25) is 0 Å². The predicted molar refractivity (Wildman–Crippen MR) is 62.7 cm³/mol. The van der Waals surface area contributed by atoms with E-state index in [1.165, 1.54) is 23.5 Å². The number of nitrogens with zero attached hydrogens (tertiary/aromatic N) is 1. The van der Waals surface area contributed by atoms with Crippen molar-refractivity contribution < 1.29 is 0 Å². The van der Waals surface area contributed by atoms with Gasteiger partial charge in [-0.2, -0.15) is 0 Å². The second-order valence-corrected chi connectivity index (χ2v) is 4.65. The lowest BCUT2D eigenvalue weighted by Crippen LogP contribution is -2.21. The first-order chi connectivity index (χ1) is 6.76. The Labute approximate surface area is 90.6 Å². The quantitative estimate of drug-likeness (QED) is 0.787. The number of thiazole rings is 1. The molecule has 0 aliphatic carbocycles. The van der Waals surface area contributed by atoms with Crippen LogP contribution in [0.4, 0.5) is 0 Å². The molecule has 1 aromatic rings. The van der Waals surface area contributed by atoms with Crippen LogP contribution >= 0.6 is 11.3 Å². The van der Waals surface area contributed by atoms with Gasteiger partial charge in [0.1, 0.15) is 0 Å². The molecule has 0 fully saturated rings. The second kappa shape index (κ2) is 6.14. The monoisotopic (exact) mass is 212 g/mol. The Bertz CT molecular complexity index is 258. The highest BCUT2D eigenvalue weighted by molar-refractivity contribution is 7.09. The highest BCUT2D eigenvalue weighted by Gasteiger charge is 2.05. The molecule has 0 radical (unpaired) electrons. The summed E-state index contributed by atoms with van der Waals surface area (Å²) in [5.41, 5.74) is 7.06. The number of hydrogen-bond donors (Lipinski definition) is 1. The third-order valence-electron chi connectivity index (χ3n) is 2.34. The first-order valence-electron chi connectivity index (χ1n) is 5.45. The van der Waals surface area contributed by atoms with Gasteiger partial charge in [-0.1, -0.05) is 20.3 Å². The molecular formula is C11H20N2S. The number of aryl methyl sites for hydroxylation is 1. The maximum absolute atomic E-state index is 5.88. The zero-order valence-electron chi connectivity index (χ0n) is 9.12. The number of hydrogen-bond acceptors (Lipinski definition) is 3. The molecule has 3 heteroatoms. The third-order valence-corrected chi connectivity index (χ3v) is 3.30. The molecule has 1 heterocycles. The summed E-state index contributed by atoms with van der Waals surface area (Å²) in [6.45, 7) is 4.33. The Balaban J connectivity index is 2.42. The van der Waals surface area contributed by atoms with E-state index in [2.05, 4.69) is 24.2 Å². The summed E-state index contributed by atoms with van der Waals surface area (Å²) in [6, 6.07) is 0.274. The van der Waals surface area contributed by atoms with Crippen LogP contribution in [0, 0.1) is 0 Å². The highest BCUT2D eigenvalue weighted by atomic mass is 32.1. The summed E-state index contributed by atoms with van der Waals surface area (Å²) in [6.07, 6.45) is 5.57. The first-order valence-corrected chi connectivity index (χ1v) is 6.33. The van der Waals surface area contributed by atoms with Crippen molar-refractivity contribution >= 4 is 11.3 Å². The van der Waals surface area contributed by atoms with Crippen LogP contribution < -0.4 is 5.73 Å². The second-order valence-electron chi connectivity index (χ2n) is 3.71. The lowest BCUT2D eigenvalue weighted by atomic mass is 10.1. The predicted octanol–water partition coefficient (Wildman–Crippen LogP) is 2.77. The van der Waals surface area contributed by atoms with Crippen molar-refractivity contribution in [1.82, 2.24) is 4.98 Å². The van der Waals surface area contributed by atoms with Crippen LogP contribution in [0.5, 0.6) is 0 Å². The van der Waals surface area contributed by atoms with Crippen molar-refractivity contribution in [2.75, 3.05) is 0 Å². The van der Waals surface area contributed by atoms with E-state index in [1.54, 1.807) is 11.3 Å². The van der Waals surface area contributed by atoms with Gasteiger partial charge in [-0.15, -0.1) is 11.3 Å². The van der Waals surface area contributed by atoms with Gasteiger partial charge in [0.15, 0.2) is 0 Å². The van der Waals surface area contributed by atoms with Gasteiger partial charge in [-0.05, 0) is 19.3 Å². The van der Waals surface area contributed by atoms with Crippen molar-refractivity contribution in [2.24, 2.45) is 5.73 Å². The fourth-order valence-electron chi connectivity index (χ4n) is 1.30. The summed E-state index contributed by atoms with van der Waals surface area (Å²) in [4.78, 5) is 4.57. The number of aromatic nitrogens is 1. The molecule has 1 rings (SSSR count). The van der Waals surface area contributed by atoms with Crippen molar-refractivity contribution in [3.05, 3.63) is 16.1 Å². The molecule has 1 unspecified atom stereocenters. The summed E-state index contributed by atoms with van der Waals surface area (Å²) in [7, 11) is 0. The van der Waals surface area contributed by atoms with Gasteiger partial charge in [0.25, 0.3) is 0 Å². The standard InChI is InChI=1S/C11H20N2S/c1-3-5-6-11-13-10(8-14-11)7-9(12)4-2/h8-9H,3-7,12H2,1-2H3. The Morgan fingerprint density at radius 1 is 1.50 bits per heavy atom. The van der Waals surface area contributed by atoms with Gasteiger partial charge in [0.05, 0.1) is 10.7 Å². The summed E-state index contributed by atoms with van der Waals surface area (Å²) in [5, 5.41) is 3.42. The van der Waals surface area contributed by atoms with Gasteiger partial charge in [0.2, 0.25) is 0 Å². The Morgan fingerprint density at radius 2 is 2.29 bits per heavy atom. The van der Waals surface area contributed by atoms with Gasteiger partial charge >= 0.3 is 0 Å². The van der Waals surface area contributed by atoms with Gasteiger partial charge in [0, 0.05) is 17.8 Å². The van der Waals surface area contributed by atoms with E-state index in [1.807, 2.05) is 0 Å². The van der Waals surface area contributed by atoms with E-state index < -0.39 is 0 Å². The molecule has 1 atom stereocenters. The number of unbranched alkanes of at least 4 members (excludes halogenated alkanes) is 1. The molecule has 14 heavy (non-hydrogen) atoms. The van der Waals surface area contributed by atoms with Crippen LogP contribution in [-0.4, -0.2) is 11.0 Å². The van der Waals surface area contributed by atoms with Crippen LogP contribution in [0.3, 0.4) is 0 Å². The summed E-state index contributed by atoms with van der Waals surface area (Å²) in [5.74, 6) is 0. The van der Waals surface area contributed by atoms with Gasteiger partial charge < -0.3 is 5.73 Å². The first kappa shape index (κ1) is 11.7. The highest BCUT2D eigenvalue weighted by Crippen LogP contribution is 2.14.